The lowest BCUT2D eigenvalue weighted by molar-refractivity contribution is 0.206. The third-order valence-electron chi connectivity index (χ3n) is 6.46. The van der Waals surface area contributed by atoms with E-state index in [0.717, 1.165) is 53.4 Å². The molecule has 0 spiro atoms. The van der Waals surface area contributed by atoms with E-state index < -0.39 is 0 Å². The number of hydrogen-bond acceptors (Lipinski definition) is 6. The van der Waals surface area contributed by atoms with Crippen LogP contribution in [-0.4, -0.2) is 44.2 Å². The molecule has 1 saturated carbocycles. The second-order valence-electron chi connectivity index (χ2n) is 8.78. The van der Waals surface area contributed by atoms with Crippen molar-refractivity contribution in [3.63, 3.8) is 0 Å². The van der Waals surface area contributed by atoms with Gasteiger partial charge >= 0.3 is 0 Å². The van der Waals surface area contributed by atoms with Crippen molar-refractivity contribution >= 4 is 21.6 Å². The largest absolute Gasteiger partial charge is 0.431 e. The molecule has 7 heteroatoms. The molecule has 0 bridgehead atoms. The first-order valence-electron chi connectivity index (χ1n) is 11.3. The fraction of sp³-hybridized carbons (Fsp3) is 0.400. The van der Waals surface area contributed by atoms with Crippen LogP contribution in [0.2, 0.25) is 0 Å². The van der Waals surface area contributed by atoms with Gasteiger partial charge in [-0.3, -0.25) is 5.10 Å². The summed E-state index contributed by atoms with van der Waals surface area (Å²) in [7, 11) is 2.27. The van der Waals surface area contributed by atoms with Gasteiger partial charge in [-0.25, -0.2) is 9.97 Å². The number of fused-ring (bicyclic) bond motifs is 1. The van der Waals surface area contributed by atoms with Crippen LogP contribution in [0.5, 0.6) is 10.9 Å². The van der Waals surface area contributed by atoms with Gasteiger partial charge in [0.05, 0.1) is 10.2 Å². The summed E-state index contributed by atoms with van der Waals surface area (Å²) in [6, 6.07) is 16.6. The maximum absolute atomic E-state index is 5.98. The van der Waals surface area contributed by atoms with Crippen LogP contribution in [0.15, 0.2) is 48.5 Å². The molecule has 32 heavy (non-hydrogen) atoms. The second kappa shape index (κ2) is 9.00. The molecule has 0 unspecified atom stereocenters. The highest BCUT2D eigenvalue weighted by atomic mass is 32.1. The van der Waals surface area contributed by atoms with Crippen LogP contribution in [0, 0.1) is 6.92 Å². The Balaban J connectivity index is 1.11. The minimum atomic E-state index is 0.366. The average molecular weight is 448 g/mol. The van der Waals surface area contributed by atoms with Crippen molar-refractivity contribution < 1.29 is 4.74 Å². The first-order chi connectivity index (χ1) is 15.6. The molecule has 1 fully saturated rings. The summed E-state index contributed by atoms with van der Waals surface area (Å²) >= 11 is 1.58. The van der Waals surface area contributed by atoms with E-state index in [1.165, 1.54) is 24.8 Å². The predicted octanol–water partition coefficient (Wildman–Crippen LogP) is 5.54. The molecule has 0 atom stereocenters. The van der Waals surface area contributed by atoms with Crippen LogP contribution in [0.1, 0.15) is 42.9 Å². The molecule has 2 aromatic carbocycles. The van der Waals surface area contributed by atoms with Crippen molar-refractivity contribution in [2.75, 3.05) is 13.6 Å². The molecule has 0 saturated heterocycles. The number of thiazole rings is 1. The maximum atomic E-state index is 5.98. The first-order valence-corrected chi connectivity index (χ1v) is 12.1. The van der Waals surface area contributed by atoms with E-state index in [2.05, 4.69) is 62.4 Å². The summed E-state index contributed by atoms with van der Waals surface area (Å²) in [6.07, 6.45) is 6.89. The number of ether oxygens (including phenoxy) is 1. The highest BCUT2D eigenvalue weighted by Gasteiger charge is 2.45. The monoisotopic (exact) mass is 447 g/mol. The fourth-order valence-corrected chi connectivity index (χ4v) is 5.11. The minimum absolute atomic E-state index is 0.366. The van der Waals surface area contributed by atoms with E-state index in [1.54, 1.807) is 11.3 Å². The summed E-state index contributed by atoms with van der Waals surface area (Å²) in [5.41, 5.74) is 2.71. The van der Waals surface area contributed by atoms with Gasteiger partial charge in [-0.05, 0) is 82.4 Å². The number of H-pyrrole nitrogens is 1. The van der Waals surface area contributed by atoms with E-state index in [-0.39, 0.29) is 0 Å². The quantitative estimate of drug-likeness (QED) is 0.345. The standard InChI is InChI=1S/C25H29N5OS/c1-18-26-23(29-28-18)8-5-17-30(2)25(15-16-25)14-13-19-9-11-20(12-10-19)31-24-27-21-6-3-4-7-22(21)32-24/h3-4,6-7,9-12H,5,8,13-17H2,1-2H3,(H,26,28,29). The Kier molecular flexibility index (Phi) is 5.93. The molecule has 1 aliphatic rings. The Morgan fingerprint density at radius 3 is 2.59 bits per heavy atom. The Labute approximate surface area is 192 Å². The third-order valence-corrected chi connectivity index (χ3v) is 7.37. The smallest absolute Gasteiger partial charge is 0.279 e. The first kappa shape index (κ1) is 21.1. The number of aromatic nitrogens is 4. The van der Waals surface area contributed by atoms with Gasteiger partial charge in [-0.15, -0.1) is 0 Å². The number of hydrogen-bond donors (Lipinski definition) is 1. The summed E-state index contributed by atoms with van der Waals surface area (Å²) in [5, 5.41) is 7.86. The Bertz CT molecular complexity index is 1150. The van der Waals surface area contributed by atoms with E-state index in [1.807, 2.05) is 25.1 Å². The Hall–Kier alpha value is -2.77. The predicted molar refractivity (Wildman–Crippen MR) is 128 cm³/mol. The van der Waals surface area contributed by atoms with Crippen molar-refractivity contribution in [1.29, 1.82) is 0 Å². The van der Waals surface area contributed by atoms with Gasteiger partial charge < -0.3 is 9.64 Å². The van der Waals surface area contributed by atoms with Crippen molar-refractivity contribution in [2.24, 2.45) is 0 Å². The van der Waals surface area contributed by atoms with Crippen molar-refractivity contribution in [1.82, 2.24) is 25.1 Å². The van der Waals surface area contributed by atoms with Crippen LogP contribution in [0.3, 0.4) is 0 Å². The van der Waals surface area contributed by atoms with Crippen LogP contribution in [-0.2, 0) is 12.8 Å². The molecule has 0 radical (unpaired) electrons. The normalized spacial score (nSPS) is 14.8. The number of nitrogens with one attached hydrogen (secondary N) is 1. The topological polar surface area (TPSA) is 66.9 Å². The molecule has 1 aliphatic carbocycles. The highest BCUT2D eigenvalue weighted by molar-refractivity contribution is 7.20. The number of rotatable bonds is 10. The molecule has 5 rings (SSSR count). The second-order valence-corrected chi connectivity index (χ2v) is 9.77. The van der Waals surface area contributed by atoms with Gasteiger partial charge in [0.15, 0.2) is 5.82 Å². The van der Waals surface area contributed by atoms with Gasteiger partial charge in [0.1, 0.15) is 11.6 Å². The molecular formula is C25H29N5OS. The van der Waals surface area contributed by atoms with Crippen LogP contribution in [0.4, 0.5) is 0 Å². The van der Waals surface area contributed by atoms with Crippen molar-refractivity contribution in [3.05, 3.63) is 65.7 Å². The summed E-state index contributed by atoms with van der Waals surface area (Å²) in [4.78, 5) is 11.5. The molecule has 1 N–H and O–H groups in total. The lowest BCUT2D eigenvalue weighted by Crippen LogP contribution is -2.35. The summed E-state index contributed by atoms with van der Waals surface area (Å²) in [5.74, 6) is 2.66. The van der Waals surface area contributed by atoms with E-state index in [0.29, 0.717) is 10.7 Å². The van der Waals surface area contributed by atoms with Gasteiger partial charge in [0.2, 0.25) is 0 Å². The van der Waals surface area contributed by atoms with Gasteiger partial charge in [0.25, 0.3) is 5.19 Å². The molecule has 2 heterocycles. The Morgan fingerprint density at radius 1 is 1.06 bits per heavy atom. The molecule has 6 nitrogen and oxygen atoms in total. The molecular weight excluding hydrogens is 418 g/mol. The summed E-state index contributed by atoms with van der Waals surface area (Å²) in [6.45, 7) is 3.03. The van der Waals surface area contributed by atoms with Crippen molar-refractivity contribution in [3.8, 4) is 10.9 Å². The number of benzene rings is 2. The molecule has 2 aromatic heterocycles. The number of para-hydroxylation sites is 1. The lowest BCUT2D eigenvalue weighted by Gasteiger charge is -2.28. The molecule has 166 valence electrons. The molecule has 4 aromatic rings. The number of nitrogens with zero attached hydrogens (tertiary/aromatic N) is 4. The third kappa shape index (κ3) is 4.84. The zero-order valence-corrected chi connectivity index (χ0v) is 19.5. The minimum Gasteiger partial charge on any atom is -0.431 e. The highest BCUT2D eigenvalue weighted by Crippen LogP contribution is 2.45. The van der Waals surface area contributed by atoms with E-state index in [9.17, 15) is 0 Å². The van der Waals surface area contributed by atoms with Gasteiger partial charge in [-0.2, -0.15) is 5.10 Å². The van der Waals surface area contributed by atoms with E-state index in [4.69, 9.17) is 4.74 Å². The lowest BCUT2D eigenvalue weighted by atomic mass is 10.0. The van der Waals surface area contributed by atoms with E-state index >= 15 is 0 Å². The van der Waals surface area contributed by atoms with Crippen LogP contribution < -0.4 is 4.74 Å². The molecule has 0 aliphatic heterocycles. The number of aryl methyl sites for hydroxylation is 3. The van der Waals surface area contributed by atoms with Crippen molar-refractivity contribution in [2.45, 2.75) is 51.0 Å². The van der Waals surface area contributed by atoms with Crippen LogP contribution >= 0.6 is 11.3 Å². The van der Waals surface area contributed by atoms with Crippen LogP contribution in [0.25, 0.3) is 10.2 Å². The molecule has 0 amide bonds. The number of aromatic amines is 1. The maximum Gasteiger partial charge on any atom is 0.279 e. The Morgan fingerprint density at radius 2 is 1.88 bits per heavy atom. The average Bonchev–Trinajstić information content (AvgIpc) is 3.31. The van der Waals surface area contributed by atoms with Gasteiger partial charge in [-0.1, -0.05) is 35.6 Å². The fourth-order valence-electron chi connectivity index (χ4n) is 4.28. The zero-order valence-electron chi connectivity index (χ0n) is 18.7. The SMILES string of the molecule is Cc1nc(CCCN(C)C2(CCc3ccc(Oc4nc5ccccc5s4)cc3)CC2)n[nH]1. The van der Waals surface area contributed by atoms with Gasteiger partial charge in [0, 0.05) is 12.0 Å². The summed E-state index contributed by atoms with van der Waals surface area (Å²) < 4.78 is 7.13. The zero-order chi connectivity index (χ0) is 22.0.